The fourth-order valence-electron chi connectivity index (χ4n) is 1.84. The number of aliphatic imine (C=N–C) groups is 1. The van der Waals surface area contributed by atoms with Gasteiger partial charge in [0.1, 0.15) is 0 Å². The zero-order valence-electron chi connectivity index (χ0n) is 9.85. The predicted molar refractivity (Wildman–Crippen MR) is 68.6 cm³/mol. The second-order valence-corrected chi connectivity index (χ2v) is 4.91. The summed E-state index contributed by atoms with van der Waals surface area (Å²) in [6.07, 6.45) is 1.11. The number of carbonyl (C=O) groups is 1. The molecule has 6 heteroatoms. The van der Waals surface area contributed by atoms with Crippen molar-refractivity contribution in [1.82, 2.24) is 10.2 Å². The quantitative estimate of drug-likeness (QED) is 0.752. The van der Waals surface area contributed by atoms with Gasteiger partial charge in [-0.2, -0.15) is 0 Å². The van der Waals surface area contributed by atoms with Gasteiger partial charge in [0.25, 0.3) is 0 Å². The third-order valence-corrected chi connectivity index (χ3v) is 3.82. The van der Waals surface area contributed by atoms with Crippen molar-refractivity contribution in [3.63, 3.8) is 0 Å². The first-order valence-electron chi connectivity index (χ1n) is 5.82. The van der Waals surface area contributed by atoms with E-state index >= 15 is 0 Å². The van der Waals surface area contributed by atoms with Gasteiger partial charge in [0, 0.05) is 12.2 Å². The molecule has 2 heterocycles. The minimum Gasteiger partial charge on any atom is -0.394 e. The van der Waals surface area contributed by atoms with Crippen LogP contribution < -0.4 is 5.32 Å². The van der Waals surface area contributed by atoms with Crippen molar-refractivity contribution in [2.75, 3.05) is 19.7 Å². The Bertz CT molecular complexity index is 364. The summed E-state index contributed by atoms with van der Waals surface area (Å²) in [5.74, 6) is -0.0362. The number of amidine groups is 1. The van der Waals surface area contributed by atoms with E-state index in [-0.39, 0.29) is 18.6 Å². The summed E-state index contributed by atoms with van der Waals surface area (Å²) in [5, 5.41) is 14.8. The SMILES string of the molecule is CCC(CO)NC(=O)CC1=CSC2=NCCN12. The van der Waals surface area contributed by atoms with Gasteiger partial charge in [-0.15, -0.1) is 0 Å². The molecule has 0 aromatic heterocycles. The molecule has 1 atom stereocenters. The lowest BCUT2D eigenvalue weighted by Crippen LogP contribution is -2.38. The van der Waals surface area contributed by atoms with Crippen LogP contribution in [-0.4, -0.2) is 46.8 Å². The number of fused-ring (bicyclic) bond motifs is 1. The maximum Gasteiger partial charge on any atom is 0.226 e. The van der Waals surface area contributed by atoms with Crippen LogP contribution in [-0.2, 0) is 4.79 Å². The van der Waals surface area contributed by atoms with Gasteiger partial charge in [0.2, 0.25) is 5.91 Å². The number of aliphatic hydroxyl groups is 1. The number of thioether (sulfide) groups is 1. The number of amides is 1. The van der Waals surface area contributed by atoms with E-state index in [4.69, 9.17) is 5.11 Å². The minimum absolute atomic E-state index is 0.00748. The fraction of sp³-hybridized carbons (Fsp3) is 0.636. The number of hydrogen-bond donors (Lipinski definition) is 2. The lowest BCUT2D eigenvalue weighted by Gasteiger charge is -2.18. The van der Waals surface area contributed by atoms with Crippen LogP contribution >= 0.6 is 11.8 Å². The van der Waals surface area contributed by atoms with Crippen LogP contribution in [0.1, 0.15) is 19.8 Å². The molecule has 0 bridgehead atoms. The number of nitrogens with one attached hydrogen (secondary N) is 1. The first-order chi connectivity index (χ1) is 8.24. The van der Waals surface area contributed by atoms with Crippen molar-refractivity contribution in [1.29, 1.82) is 0 Å². The van der Waals surface area contributed by atoms with Crippen molar-refractivity contribution < 1.29 is 9.90 Å². The van der Waals surface area contributed by atoms with Crippen LogP contribution in [0.25, 0.3) is 0 Å². The lowest BCUT2D eigenvalue weighted by molar-refractivity contribution is -0.121. The van der Waals surface area contributed by atoms with Crippen molar-refractivity contribution in [3.05, 3.63) is 11.1 Å². The molecule has 0 saturated heterocycles. The average Bonchev–Trinajstić information content (AvgIpc) is 2.91. The highest BCUT2D eigenvalue weighted by Gasteiger charge is 2.27. The summed E-state index contributed by atoms with van der Waals surface area (Å²) in [7, 11) is 0. The van der Waals surface area contributed by atoms with E-state index in [1.54, 1.807) is 11.8 Å². The maximum absolute atomic E-state index is 11.8. The van der Waals surface area contributed by atoms with Crippen LogP contribution in [0.2, 0.25) is 0 Å². The topological polar surface area (TPSA) is 64.9 Å². The van der Waals surface area contributed by atoms with Gasteiger partial charge >= 0.3 is 0 Å². The average molecular weight is 255 g/mol. The van der Waals surface area contributed by atoms with Crippen LogP contribution in [0, 0.1) is 0 Å². The molecule has 2 N–H and O–H groups in total. The van der Waals surface area contributed by atoms with Gasteiger partial charge in [-0.3, -0.25) is 9.79 Å². The summed E-state index contributed by atoms with van der Waals surface area (Å²) in [4.78, 5) is 18.2. The Morgan fingerprint density at radius 2 is 2.59 bits per heavy atom. The van der Waals surface area contributed by atoms with E-state index in [0.717, 1.165) is 30.4 Å². The zero-order valence-corrected chi connectivity index (χ0v) is 10.7. The number of rotatable bonds is 5. The van der Waals surface area contributed by atoms with Crippen LogP contribution in [0.3, 0.4) is 0 Å². The zero-order chi connectivity index (χ0) is 12.3. The van der Waals surface area contributed by atoms with E-state index in [1.165, 1.54) is 0 Å². The van der Waals surface area contributed by atoms with Gasteiger partial charge in [-0.25, -0.2) is 0 Å². The van der Waals surface area contributed by atoms with Crippen molar-refractivity contribution in [2.24, 2.45) is 4.99 Å². The largest absolute Gasteiger partial charge is 0.394 e. The third kappa shape index (κ3) is 2.81. The Hall–Kier alpha value is -1.01. The molecule has 1 unspecified atom stereocenters. The molecule has 0 aliphatic carbocycles. The second-order valence-electron chi connectivity index (χ2n) is 4.08. The molecule has 2 aliphatic heterocycles. The van der Waals surface area contributed by atoms with Crippen LogP contribution in [0.5, 0.6) is 0 Å². The highest BCUT2D eigenvalue weighted by Crippen LogP contribution is 2.30. The van der Waals surface area contributed by atoms with Gasteiger partial charge < -0.3 is 15.3 Å². The maximum atomic E-state index is 11.8. The Labute approximate surface area is 105 Å². The van der Waals surface area contributed by atoms with E-state index in [0.29, 0.717) is 6.42 Å². The Morgan fingerprint density at radius 3 is 3.29 bits per heavy atom. The molecule has 17 heavy (non-hydrogen) atoms. The molecule has 94 valence electrons. The molecule has 0 fully saturated rings. The first kappa shape index (κ1) is 12.4. The highest BCUT2D eigenvalue weighted by molar-refractivity contribution is 8.16. The Morgan fingerprint density at radius 1 is 1.76 bits per heavy atom. The molecule has 0 aromatic carbocycles. The molecular formula is C11H17N3O2S. The second kappa shape index (κ2) is 5.55. The highest BCUT2D eigenvalue weighted by atomic mass is 32.2. The fourth-order valence-corrected chi connectivity index (χ4v) is 2.79. The summed E-state index contributed by atoms with van der Waals surface area (Å²) < 4.78 is 0. The van der Waals surface area contributed by atoms with Crippen molar-refractivity contribution >= 4 is 22.8 Å². The van der Waals surface area contributed by atoms with E-state index in [9.17, 15) is 4.79 Å². The van der Waals surface area contributed by atoms with Crippen LogP contribution in [0.4, 0.5) is 0 Å². The minimum atomic E-state index is -0.135. The van der Waals surface area contributed by atoms with E-state index in [2.05, 4.69) is 15.2 Å². The number of aliphatic hydroxyl groups excluding tert-OH is 1. The van der Waals surface area contributed by atoms with E-state index in [1.807, 2.05) is 12.3 Å². The molecule has 5 nitrogen and oxygen atoms in total. The molecular weight excluding hydrogens is 238 g/mol. The number of nitrogens with zero attached hydrogens (tertiary/aromatic N) is 2. The molecule has 0 spiro atoms. The number of carbonyl (C=O) groups excluding carboxylic acids is 1. The molecule has 1 amide bonds. The van der Waals surface area contributed by atoms with Gasteiger partial charge in [0.15, 0.2) is 5.17 Å². The summed E-state index contributed by atoms with van der Waals surface area (Å²) in [6.45, 7) is 3.62. The van der Waals surface area contributed by atoms with Crippen LogP contribution in [0.15, 0.2) is 16.1 Å². The van der Waals surface area contributed by atoms with Crippen molar-refractivity contribution in [3.8, 4) is 0 Å². The molecule has 0 aromatic rings. The smallest absolute Gasteiger partial charge is 0.226 e. The summed E-state index contributed by atoms with van der Waals surface area (Å²) in [5.41, 5.74) is 1.01. The summed E-state index contributed by atoms with van der Waals surface area (Å²) in [6, 6.07) is -0.135. The van der Waals surface area contributed by atoms with Gasteiger partial charge in [0.05, 0.1) is 25.6 Å². The Balaban J connectivity index is 1.85. The lowest BCUT2D eigenvalue weighted by atomic mass is 10.2. The normalized spacial score (nSPS) is 19.8. The first-order valence-corrected chi connectivity index (χ1v) is 6.70. The number of hydrogen-bond acceptors (Lipinski definition) is 5. The van der Waals surface area contributed by atoms with E-state index < -0.39 is 0 Å². The molecule has 0 saturated carbocycles. The Kier molecular flexibility index (Phi) is 4.06. The summed E-state index contributed by atoms with van der Waals surface area (Å²) >= 11 is 1.58. The predicted octanol–water partition coefficient (Wildman–Crippen LogP) is 0.523. The third-order valence-electron chi connectivity index (χ3n) is 2.87. The standard InChI is InChI=1S/C11H17N3O2S/c1-2-8(6-15)13-10(16)5-9-7-17-11-12-3-4-14(9)11/h7-8,15H,2-6H2,1H3,(H,13,16). The van der Waals surface area contributed by atoms with Gasteiger partial charge in [-0.1, -0.05) is 18.7 Å². The monoisotopic (exact) mass is 255 g/mol. The molecule has 0 radical (unpaired) electrons. The molecule has 2 aliphatic rings. The van der Waals surface area contributed by atoms with Crippen molar-refractivity contribution in [2.45, 2.75) is 25.8 Å². The molecule has 2 rings (SSSR count). The van der Waals surface area contributed by atoms with Gasteiger partial charge in [-0.05, 0) is 11.8 Å².